The number of carbonyl (C=O) groups excluding carboxylic acids is 1. The fourth-order valence-corrected chi connectivity index (χ4v) is 2.45. The number of methoxy groups -OCH3 is 1. The molecule has 7 nitrogen and oxygen atoms in total. The zero-order valence-electron chi connectivity index (χ0n) is 12.8. The Hall–Kier alpha value is -2.68. The molecule has 2 aromatic rings. The van der Waals surface area contributed by atoms with E-state index in [1.54, 1.807) is 30.6 Å². The van der Waals surface area contributed by atoms with Crippen molar-refractivity contribution in [2.24, 2.45) is 0 Å². The number of rotatable bonds is 4. The quantitative estimate of drug-likeness (QED) is 0.849. The Labute approximate surface area is 143 Å². The second kappa shape index (κ2) is 6.83. The highest BCUT2D eigenvalue weighted by molar-refractivity contribution is 7.80. The summed E-state index contributed by atoms with van der Waals surface area (Å²) in [6, 6.07) is 6.20. The molecule has 9 heteroatoms. The topological polar surface area (TPSA) is 68.6 Å². The van der Waals surface area contributed by atoms with E-state index in [0.29, 0.717) is 24.5 Å². The third-order valence-electron chi connectivity index (χ3n) is 3.53. The Morgan fingerprint density at radius 1 is 1.58 bits per heavy atom. The summed E-state index contributed by atoms with van der Waals surface area (Å²) in [6.45, 7) is 0.613. The molecular weight excluding hydrogens is 335 g/mol. The number of benzene rings is 1. The van der Waals surface area contributed by atoms with Gasteiger partial charge in [-0.15, -0.1) is 0 Å². The van der Waals surface area contributed by atoms with Crippen molar-refractivity contribution in [3.8, 4) is 5.69 Å². The number of hydrogen-bond acceptors (Lipinski definition) is 5. The fraction of sp³-hybridized carbons (Fsp3) is 0.267. The summed E-state index contributed by atoms with van der Waals surface area (Å²) in [5, 5.41) is 7.04. The minimum absolute atomic E-state index is 0.221. The molecule has 1 atom stereocenters. The number of anilines is 1. The van der Waals surface area contributed by atoms with E-state index >= 15 is 0 Å². The van der Waals surface area contributed by atoms with Gasteiger partial charge in [-0.25, -0.2) is 13.9 Å². The molecular formula is C15H15FN4O3S. The number of ether oxygens (including phenoxy) is 2. The van der Waals surface area contributed by atoms with Gasteiger partial charge in [0.05, 0.1) is 25.9 Å². The van der Waals surface area contributed by atoms with Crippen LogP contribution in [-0.4, -0.2) is 47.4 Å². The van der Waals surface area contributed by atoms with E-state index in [9.17, 15) is 9.18 Å². The van der Waals surface area contributed by atoms with E-state index in [4.69, 9.17) is 21.7 Å². The lowest BCUT2D eigenvalue weighted by atomic mass is 10.2. The van der Waals surface area contributed by atoms with Crippen LogP contribution in [0.3, 0.4) is 0 Å². The molecule has 1 aromatic heterocycles. The molecule has 2 heterocycles. The SMILES string of the molecule is COC(=S)NC[C@H]1CN(c2ccc(-n3cccn3)c(F)c2)C(=O)O1. The first-order valence-electron chi connectivity index (χ1n) is 7.18. The number of thiocarbonyl (C=S) groups is 1. The molecule has 3 rings (SSSR count). The molecule has 1 aliphatic heterocycles. The smallest absolute Gasteiger partial charge is 0.414 e. The number of nitrogens with one attached hydrogen (secondary N) is 1. The molecule has 1 fully saturated rings. The zero-order valence-corrected chi connectivity index (χ0v) is 13.6. The molecule has 1 amide bonds. The Morgan fingerprint density at radius 3 is 3.08 bits per heavy atom. The van der Waals surface area contributed by atoms with Crippen LogP contribution < -0.4 is 10.2 Å². The van der Waals surface area contributed by atoms with Crippen LogP contribution >= 0.6 is 12.2 Å². The van der Waals surface area contributed by atoms with Crippen molar-refractivity contribution in [3.63, 3.8) is 0 Å². The predicted octanol–water partition coefficient (Wildman–Crippen LogP) is 1.86. The van der Waals surface area contributed by atoms with E-state index in [0.717, 1.165) is 0 Å². The summed E-state index contributed by atoms with van der Waals surface area (Å²) in [5.41, 5.74) is 0.727. The Bertz CT molecular complexity index is 753. The highest BCUT2D eigenvalue weighted by Crippen LogP contribution is 2.25. The minimum Gasteiger partial charge on any atom is -0.474 e. The van der Waals surface area contributed by atoms with Gasteiger partial charge in [-0.2, -0.15) is 5.10 Å². The first-order chi connectivity index (χ1) is 11.6. The van der Waals surface area contributed by atoms with Gasteiger partial charge in [0.1, 0.15) is 11.8 Å². The van der Waals surface area contributed by atoms with Crippen molar-refractivity contribution in [1.82, 2.24) is 15.1 Å². The number of halogens is 1. The lowest BCUT2D eigenvalue weighted by Crippen LogP contribution is -2.34. The molecule has 126 valence electrons. The lowest BCUT2D eigenvalue weighted by Gasteiger charge is -2.14. The largest absolute Gasteiger partial charge is 0.474 e. The Balaban J connectivity index is 1.71. The van der Waals surface area contributed by atoms with Gasteiger partial charge < -0.3 is 14.8 Å². The second-order valence-electron chi connectivity index (χ2n) is 5.08. The van der Waals surface area contributed by atoms with Gasteiger partial charge in [-0.1, -0.05) is 0 Å². The maximum Gasteiger partial charge on any atom is 0.414 e. The van der Waals surface area contributed by atoms with E-state index in [1.807, 2.05) is 0 Å². The van der Waals surface area contributed by atoms with Crippen molar-refractivity contribution in [2.45, 2.75) is 6.10 Å². The number of nitrogens with zero attached hydrogens (tertiary/aromatic N) is 3. The third-order valence-corrected chi connectivity index (χ3v) is 3.84. The standard InChI is InChI=1S/C15H15FN4O3S/c1-22-14(24)17-8-11-9-19(15(21)23-11)10-3-4-13(12(16)7-10)20-6-2-5-18-20/h2-7,11H,8-9H2,1H3,(H,17,24)/t11-/m0/s1. The Morgan fingerprint density at radius 2 is 2.42 bits per heavy atom. The summed E-state index contributed by atoms with van der Waals surface area (Å²) in [7, 11) is 1.45. The number of amides is 1. The van der Waals surface area contributed by atoms with Gasteiger partial charge in [0, 0.05) is 12.4 Å². The number of carbonyl (C=O) groups is 1. The van der Waals surface area contributed by atoms with Gasteiger partial charge in [0.25, 0.3) is 5.17 Å². The van der Waals surface area contributed by atoms with Crippen LogP contribution in [0.15, 0.2) is 36.7 Å². The maximum atomic E-state index is 14.3. The van der Waals surface area contributed by atoms with Crippen molar-refractivity contribution in [1.29, 1.82) is 0 Å². The van der Waals surface area contributed by atoms with E-state index in [-0.39, 0.29) is 5.17 Å². The molecule has 1 saturated heterocycles. The molecule has 0 spiro atoms. The molecule has 1 N–H and O–H groups in total. The van der Waals surface area contributed by atoms with E-state index < -0.39 is 18.0 Å². The molecule has 1 aromatic carbocycles. The maximum absolute atomic E-state index is 14.3. The van der Waals surface area contributed by atoms with Crippen molar-refractivity contribution >= 4 is 29.2 Å². The Kier molecular flexibility index (Phi) is 4.61. The first kappa shape index (κ1) is 16.2. The minimum atomic E-state index is -0.531. The molecule has 0 radical (unpaired) electrons. The molecule has 0 bridgehead atoms. The van der Waals surface area contributed by atoms with Gasteiger partial charge >= 0.3 is 6.09 Å². The first-order valence-corrected chi connectivity index (χ1v) is 7.59. The van der Waals surface area contributed by atoms with Gasteiger partial charge in [0.2, 0.25) is 0 Å². The van der Waals surface area contributed by atoms with E-state index in [2.05, 4.69) is 10.4 Å². The molecule has 0 saturated carbocycles. The summed E-state index contributed by atoms with van der Waals surface area (Å²) < 4.78 is 25.8. The highest BCUT2D eigenvalue weighted by atomic mass is 32.1. The number of aromatic nitrogens is 2. The van der Waals surface area contributed by atoms with Crippen LogP contribution in [0.25, 0.3) is 5.69 Å². The van der Waals surface area contributed by atoms with Crippen molar-refractivity contribution in [3.05, 3.63) is 42.5 Å². The fourth-order valence-electron chi connectivity index (χ4n) is 2.37. The third kappa shape index (κ3) is 3.30. The average Bonchev–Trinajstić information content (AvgIpc) is 3.22. The van der Waals surface area contributed by atoms with Crippen LogP contribution in [0, 0.1) is 5.82 Å². The monoisotopic (exact) mass is 350 g/mol. The second-order valence-corrected chi connectivity index (χ2v) is 5.45. The van der Waals surface area contributed by atoms with Crippen LogP contribution in [0.5, 0.6) is 0 Å². The van der Waals surface area contributed by atoms with Crippen molar-refractivity contribution in [2.75, 3.05) is 25.1 Å². The summed E-state index contributed by atoms with van der Waals surface area (Å²) >= 11 is 4.87. The van der Waals surface area contributed by atoms with E-state index in [1.165, 1.54) is 22.8 Å². The van der Waals surface area contributed by atoms with Gasteiger partial charge in [-0.05, 0) is 36.5 Å². The van der Waals surface area contributed by atoms with Crippen LogP contribution in [-0.2, 0) is 9.47 Å². The van der Waals surface area contributed by atoms with Gasteiger partial charge in [-0.3, -0.25) is 4.90 Å². The molecule has 1 aliphatic rings. The highest BCUT2D eigenvalue weighted by Gasteiger charge is 2.32. The summed E-state index contributed by atoms with van der Waals surface area (Å²) in [4.78, 5) is 13.4. The molecule has 0 unspecified atom stereocenters. The molecule has 0 aliphatic carbocycles. The number of hydrogen-bond donors (Lipinski definition) is 1. The normalized spacial score (nSPS) is 16.8. The van der Waals surface area contributed by atoms with Crippen LogP contribution in [0.4, 0.5) is 14.9 Å². The van der Waals surface area contributed by atoms with Crippen LogP contribution in [0.1, 0.15) is 0 Å². The van der Waals surface area contributed by atoms with Crippen LogP contribution in [0.2, 0.25) is 0 Å². The average molecular weight is 350 g/mol. The molecule has 24 heavy (non-hydrogen) atoms. The zero-order chi connectivity index (χ0) is 17.1. The van der Waals surface area contributed by atoms with Gasteiger partial charge in [0.15, 0.2) is 5.82 Å². The summed E-state index contributed by atoms with van der Waals surface area (Å²) in [5.74, 6) is -0.480. The number of cyclic esters (lactones) is 1. The predicted molar refractivity (Wildman–Crippen MR) is 88.7 cm³/mol. The summed E-state index contributed by atoms with van der Waals surface area (Å²) in [6.07, 6.45) is 2.27. The lowest BCUT2D eigenvalue weighted by molar-refractivity contribution is 0.142. The van der Waals surface area contributed by atoms with Crippen molar-refractivity contribution < 1.29 is 18.7 Å².